The normalized spacial score (nSPS) is 11.5. The van der Waals surface area contributed by atoms with Crippen molar-refractivity contribution in [1.29, 1.82) is 0 Å². The lowest BCUT2D eigenvalue weighted by atomic mass is 9.87. The van der Waals surface area contributed by atoms with E-state index in [0.29, 0.717) is 30.8 Å². The Morgan fingerprint density at radius 2 is 1.77 bits per heavy atom. The second-order valence-corrected chi connectivity index (χ2v) is 11.0. The van der Waals surface area contributed by atoms with E-state index < -0.39 is 5.97 Å². The van der Waals surface area contributed by atoms with Crippen LogP contribution in [0.25, 0.3) is 11.3 Å². The highest BCUT2D eigenvalue weighted by Crippen LogP contribution is 2.27. The molecule has 2 aromatic carbocycles. The summed E-state index contributed by atoms with van der Waals surface area (Å²) in [6, 6.07) is 19.7. The zero-order chi connectivity index (χ0) is 28.9. The summed E-state index contributed by atoms with van der Waals surface area (Å²) in [5.41, 5.74) is 5.46. The van der Waals surface area contributed by atoms with Crippen molar-refractivity contribution in [3.63, 3.8) is 0 Å². The molecule has 0 aliphatic heterocycles. The summed E-state index contributed by atoms with van der Waals surface area (Å²) in [5.74, 6) is 0.415. The molecule has 2 aromatic heterocycles. The molecule has 0 amide bonds. The first kappa shape index (κ1) is 28.8. The monoisotopic (exact) mass is 542 g/mol. The van der Waals surface area contributed by atoms with E-state index in [-0.39, 0.29) is 17.5 Å². The second-order valence-electron chi connectivity index (χ2n) is 11.0. The fourth-order valence-electron chi connectivity index (χ4n) is 4.82. The zero-order valence-corrected chi connectivity index (χ0v) is 24.0. The van der Waals surface area contributed by atoms with Gasteiger partial charge in [-0.15, -0.1) is 0 Å². The number of aromatic nitrogens is 4. The first-order chi connectivity index (χ1) is 19.1. The number of carbonyl (C=O) groups is 1. The number of carboxylic acids is 1. The molecular weight excluding hydrogens is 504 g/mol. The van der Waals surface area contributed by atoms with E-state index in [0.717, 1.165) is 41.2 Å². The lowest BCUT2D eigenvalue weighted by Crippen LogP contribution is -2.25. The minimum absolute atomic E-state index is 0.0820. The lowest BCUT2D eigenvalue weighted by Gasteiger charge is -2.19. The summed E-state index contributed by atoms with van der Waals surface area (Å²) in [5, 5.41) is 13.9. The molecule has 0 aliphatic carbocycles. The van der Waals surface area contributed by atoms with Crippen LogP contribution in [0.5, 0.6) is 5.75 Å². The first-order valence-corrected chi connectivity index (χ1v) is 13.7. The van der Waals surface area contributed by atoms with Crippen molar-refractivity contribution < 1.29 is 14.6 Å². The van der Waals surface area contributed by atoms with E-state index in [2.05, 4.69) is 50.1 Å². The minimum Gasteiger partial charge on any atom is -0.496 e. The molecule has 0 atom stereocenters. The smallest absolute Gasteiger partial charge is 0.346 e. The van der Waals surface area contributed by atoms with Crippen LogP contribution < -0.4 is 10.4 Å². The summed E-state index contributed by atoms with van der Waals surface area (Å²) >= 11 is 0. The summed E-state index contributed by atoms with van der Waals surface area (Å²) < 4.78 is 8.62. The van der Waals surface area contributed by atoms with Crippen molar-refractivity contribution in [3.8, 4) is 17.0 Å². The van der Waals surface area contributed by atoms with Crippen LogP contribution in [-0.4, -0.2) is 37.5 Å². The maximum atomic E-state index is 13.0. The van der Waals surface area contributed by atoms with Gasteiger partial charge in [0.2, 0.25) is 0 Å². The summed E-state index contributed by atoms with van der Waals surface area (Å²) in [4.78, 5) is 29.1. The van der Waals surface area contributed by atoms with Gasteiger partial charge in [0, 0.05) is 29.8 Å². The highest BCUT2D eigenvalue weighted by atomic mass is 16.5. The van der Waals surface area contributed by atoms with Crippen molar-refractivity contribution in [3.05, 3.63) is 99.4 Å². The Morgan fingerprint density at radius 1 is 1.02 bits per heavy atom. The zero-order valence-electron chi connectivity index (χ0n) is 24.0. The second kappa shape index (κ2) is 12.3. The van der Waals surface area contributed by atoms with Gasteiger partial charge in [-0.25, -0.2) is 9.48 Å². The number of aliphatic carboxylic acids is 1. The van der Waals surface area contributed by atoms with Crippen LogP contribution in [0, 0.1) is 0 Å². The van der Waals surface area contributed by atoms with Gasteiger partial charge in [-0.1, -0.05) is 51.1 Å². The largest absolute Gasteiger partial charge is 0.496 e. The highest BCUT2D eigenvalue weighted by Gasteiger charge is 2.16. The summed E-state index contributed by atoms with van der Waals surface area (Å²) in [6.07, 6.45) is 2.06. The Hall–Kier alpha value is -4.20. The van der Waals surface area contributed by atoms with Crippen LogP contribution >= 0.6 is 0 Å². The molecule has 40 heavy (non-hydrogen) atoms. The number of carboxylic acid groups (broad SMARTS) is 1. The van der Waals surface area contributed by atoms with Gasteiger partial charge < -0.3 is 9.84 Å². The van der Waals surface area contributed by atoms with Crippen molar-refractivity contribution in [1.82, 2.24) is 19.3 Å². The average molecular weight is 543 g/mol. The molecule has 8 nitrogen and oxygen atoms in total. The molecule has 0 saturated carbocycles. The Morgan fingerprint density at radius 3 is 2.42 bits per heavy atom. The molecule has 0 aliphatic rings. The van der Waals surface area contributed by atoms with Gasteiger partial charge in [-0.05, 0) is 66.6 Å². The third kappa shape index (κ3) is 6.86. The third-order valence-electron chi connectivity index (χ3n) is 7.03. The van der Waals surface area contributed by atoms with Crippen molar-refractivity contribution in [2.24, 2.45) is 0 Å². The molecule has 2 heterocycles. The molecule has 210 valence electrons. The Bertz CT molecular complexity index is 1530. The van der Waals surface area contributed by atoms with Crippen molar-refractivity contribution in [2.75, 3.05) is 7.11 Å². The average Bonchev–Trinajstić information content (AvgIpc) is 3.21. The maximum Gasteiger partial charge on any atom is 0.346 e. The number of aryl methyl sites for hydroxylation is 2. The molecule has 0 spiro atoms. The number of rotatable bonds is 11. The van der Waals surface area contributed by atoms with E-state index in [1.165, 1.54) is 12.7 Å². The van der Waals surface area contributed by atoms with Crippen LogP contribution in [0.4, 0.5) is 0 Å². The molecule has 4 aromatic rings. The van der Waals surface area contributed by atoms with Gasteiger partial charge in [0.15, 0.2) is 0 Å². The van der Waals surface area contributed by atoms with E-state index in [1.54, 1.807) is 15.3 Å². The number of hydrogen-bond donors (Lipinski definition) is 1. The number of nitrogens with zero attached hydrogens (tertiary/aromatic N) is 4. The fraction of sp³-hybridized carbons (Fsp3) is 0.375. The van der Waals surface area contributed by atoms with Crippen LogP contribution in [0.15, 0.2) is 65.5 Å². The quantitative estimate of drug-likeness (QED) is 0.277. The number of benzene rings is 2. The van der Waals surface area contributed by atoms with Crippen LogP contribution in [0.2, 0.25) is 0 Å². The fourth-order valence-corrected chi connectivity index (χ4v) is 4.82. The van der Waals surface area contributed by atoms with E-state index in [1.807, 2.05) is 37.3 Å². The number of methoxy groups -OCH3 is 1. The number of ether oxygens (including phenoxy) is 1. The topological polar surface area (TPSA) is 99.2 Å². The third-order valence-corrected chi connectivity index (χ3v) is 7.03. The molecule has 0 unspecified atom stereocenters. The van der Waals surface area contributed by atoms with Gasteiger partial charge in [0.1, 0.15) is 11.6 Å². The molecule has 0 fully saturated rings. The SMILES string of the molecule is CCn1c(CCCc2cccc(-c3ccc(OC)c(CC(=O)O)c3)n2)nn(Cc2ccc(C(C)(C)C)cc2)c1=O. The first-order valence-electron chi connectivity index (χ1n) is 13.7. The molecule has 0 saturated heterocycles. The molecule has 0 bridgehead atoms. The highest BCUT2D eigenvalue weighted by molar-refractivity contribution is 5.73. The minimum atomic E-state index is -0.913. The van der Waals surface area contributed by atoms with Crippen molar-refractivity contribution in [2.45, 2.75) is 71.9 Å². The molecular formula is C32H38N4O4. The van der Waals surface area contributed by atoms with Crippen molar-refractivity contribution >= 4 is 5.97 Å². The maximum absolute atomic E-state index is 13.0. The number of pyridine rings is 1. The molecule has 0 radical (unpaired) electrons. The van der Waals surface area contributed by atoms with E-state index in [4.69, 9.17) is 9.72 Å². The molecule has 4 rings (SSSR count). The van der Waals surface area contributed by atoms with E-state index >= 15 is 0 Å². The Kier molecular flexibility index (Phi) is 8.87. The van der Waals surface area contributed by atoms with Gasteiger partial charge in [-0.3, -0.25) is 14.3 Å². The van der Waals surface area contributed by atoms with Crippen LogP contribution in [0.1, 0.15) is 62.3 Å². The van der Waals surface area contributed by atoms with Gasteiger partial charge in [0.05, 0.1) is 25.8 Å². The standard InChI is InChI=1S/C32H38N4O4/c1-6-35-29(34-36(31(35)39)21-22-13-16-25(17-14-22)32(2,3)4)12-8-10-26-9-7-11-27(33-26)23-15-18-28(40-5)24(19-23)20-30(37)38/h7,9,11,13-19H,6,8,10,12,20-21H2,1-5H3,(H,37,38). The predicted octanol–water partition coefficient (Wildman–Crippen LogP) is 5.28. The Balaban J connectivity index is 1.45. The van der Waals surface area contributed by atoms with Gasteiger partial charge >= 0.3 is 11.7 Å². The van der Waals surface area contributed by atoms with E-state index in [9.17, 15) is 14.7 Å². The summed E-state index contributed by atoms with van der Waals surface area (Å²) in [7, 11) is 1.53. The predicted molar refractivity (Wildman–Crippen MR) is 156 cm³/mol. The Labute approximate surface area is 235 Å². The summed E-state index contributed by atoms with van der Waals surface area (Å²) in [6.45, 7) is 9.54. The molecule has 1 N–H and O–H groups in total. The number of hydrogen-bond acceptors (Lipinski definition) is 5. The lowest BCUT2D eigenvalue weighted by molar-refractivity contribution is -0.136. The van der Waals surface area contributed by atoms with Gasteiger partial charge in [0.25, 0.3) is 0 Å². The van der Waals surface area contributed by atoms with Crippen LogP contribution in [-0.2, 0) is 42.6 Å². The van der Waals surface area contributed by atoms with Crippen LogP contribution in [0.3, 0.4) is 0 Å². The molecule has 8 heteroatoms. The van der Waals surface area contributed by atoms with Gasteiger partial charge in [-0.2, -0.15) is 5.10 Å².